The molecule has 0 unspecified atom stereocenters. The molecule has 1 heterocycles. The highest BCUT2D eigenvalue weighted by molar-refractivity contribution is 6.30. The van der Waals surface area contributed by atoms with Gasteiger partial charge >= 0.3 is 0 Å². The standard InChI is InChI=1S/C15H24ClN3/c1-13(2)19-11-9-18(10-12-19)8-7-17-15-5-3-14(16)4-6-15/h3-6,13,17H,7-12H2,1-2H3. The van der Waals surface area contributed by atoms with Gasteiger partial charge in [-0.1, -0.05) is 11.6 Å². The summed E-state index contributed by atoms with van der Waals surface area (Å²) in [5.74, 6) is 0. The number of anilines is 1. The minimum Gasteiger partial charge on any atom is -0.384 e. The Morgan fingerprint density at radius 2 is 1.74 bits per heavy atom. The Kier molecular flexibility index (Phi) is 5.49. The topological polar surface area (TPSA) is 18.5 Å². The highest BCUT2D eigenvalue weighted by atomic mass is 35.5. The third kappa shape index (κ3) is 4.68. The van der Waals surface area contributed by atoms with Crippen molar-refractivity contribution < 1.29 is 0 Å². The summed E-state index contributed by atoms with van der Waals surface area (Å²) in [6.45, 7) is 11.4. The molecule has 1 aliphatic rings. The number of rotatable bonds is 5. The second kappa shape index (κ2) is 7.13. The van der Waals surface area contributed by atoms with Gasteiger partial charge in [0.15, 0.2) is 0 Å². The molecule has 19 heavy (non-hydrogen) atoms. The van der Waals surface area contributed by atoms with E-state index in [0.29, 0.717) is 6.04 Å². The summed E-state index contributed by atoms with van der Waals surface area (Å²) in [5.41, 5.74) is 1.14. The van der Waals surface area contributed by atoms with Gasteiger partial charge in [-0.05, 0) is 38.1 Å². The SMILES string of the molecule is CC(C)N1CCN(CCNc2ccc(Cl)cc2)CC1. The van der Waals surface area contributed by atoms with E-state index in [-0.39, 0.29) is 0 Å². The van der Waals surface area contributed by atoms with Crippen molar-refractivity contribution in [2.45, 2.75) is 19.9 Å². The Morgan fingerprint density at radius 3 is 2.32 bits per heavy atom. The molecule has 0 aliphatic carbocycles. The minimum absolute atomic E-state index is 0.675. The fourth-order valence-corrected chi connectivity index (χ4v) is 2.56. The van der Waals surface area contributed by atoms with E-state index in [9.17, 15) is 0 Å². The maximum absolute atomic E-state index is 5.87. The van der Waals surface area contributed by atoms with Crippen LogP contribution in [0.4, 0.5) is 5.69 Å². The van der Waals surface area contributed by atoms with Crippen molar-refractivity contribution in [3.63, 3.8) is 0 Å². The van der Waals surface area contributed by atoms with Crippen LogP contribution >= 0.6 is 11.6 Å². The second-order valence-electron chi connectivity index (χ2n) is 5.41. The average Bonchev–Trinajstić information content (AvgIpc) is 2.41. The molecular weight excluding hydrogens is 258 g/mol. The van der Waals surface area contributed by atoms with Gasteiger partial charge in [0.05, 0.1) is 0 Å². The van der Waals surface area contributed by atoms with E-state index < -0.39 is 0 Å². The van der Waals surface area contributed by atoms with Crippen LogP contribution in [-0.2, 0) is 0 Å². The van der Waals surface area contributed by atoms with Crippen molar-refractivity contribution in [1.29, 1.82) is 0 Å². The van der Waals surface area contributed by atoms with E-state index in [1.165, 1.54) is 26.2 Å². The Morgan fingerprint density at radius 1 is 1.11 bits per heavy atom. The third-order valence-electron chi connectivity index (χ3n) is 3.74. The molecule has 1 aromatic carbocycles. The second-order valence-corrected chi connectivity index (χ2v) is 5.84. The molecule has 3 nitrogen and oxygen atoms in total. The minimum atomic E-state index is 0.675. The largest absolute Gasteiger partial charge is 0.384 e. The Balaban J connectivity index is 1.65. The first-order chi connectivity index (χ1) is 9.15. The lowest BCUT2D eigenvalue weighted by atomic mass is 10.2. The molecule has 0 radical (unpaired) electrons. The van der Waals surface area contributed by atoms with Crippen molar-refractivity contribution in [1.82, 2.24) is 9.80 Å². The summed E-state index contributed by atoms with van der Waals surface area (Å²) in [4.78, 5) is 5.07. The molecule has 2 rings (SSSR count). The predicted octanol–water partition coefficient (Wildman–Crippen LogP) is 2.78. The van der Waals surface area contributed by atoms with Crippen LogP contribution in [0.3, 0.4) is 0 Å². The summed E-state index contributed by atoms with van der Waals surface area (Å²) in [7, 11) is 0. The first-order valence-electron chi connectivity index (χ1n) is 7.11. The molecule has 1 N–H and O–H groups in total. The Bertz CT molecular complexity index is 369. The molecule has 0 spiro atoms. The first-order valence-corrected chi connectivity index (χ1v) is 7.49. The summed E-state index contributed by atoms with van der Waals surface area (Å²) in [6, 6.07) is 8.57. The molecular formula is C15H24ClN3. The lowest BCUT2D eigenvalue weighted by Crippen LogP contribution is -2.49. The van der Waals surface area contributed by atoms with Crippen molar-refractivity contribution in [2.75, 3.05) is 44.6 Å². The molecule has 0 saturated carbocycles. The van der Waals surface area contributed by atoms with Gasteiger partial charge in [-0.25, -0.2) is 0 Å². The molecule has 1 fully saturated rings. The van der Waals surface area contributed by atoms with Gasteiger partial charge in [-0.2, -0.15) is 0 Å². The van der Waals surface area contributed by atoms with Crippen LogP contribution in [0.1, 0.15) is 13.8 Å². The molecule has 1 saturated heterocycles. The monoisotopic (exact) mass is 281 g/mol. The molecule has 1 aromatic rings. The van der Waals surface area contributed by atoms with Crippen LogP contribution in [0, 0.1) is 0 Å². The molecule has 0 bridgehead atoms. The number of benzene rings is 1. The lowest BCUT2D eigenvalue weighted by molar-refractivity contribution is 0.111. The number of nitrogens with one attached hydrogen (secondary N) is 1. The predicted molar refractivity (Wildman–Crippen MR) is 83.1 cm³/mol. The normalized spacial score (nSPS) is 17.9. The fourth-order valence-electron chi connectivity index (χ4n) is 2.43. The van der Waals surface area contributed by atoms with Gasteiger partial charge < -0.3 is 5.32 Å². The van der Waals surface area contributed by atoms with Crippen LogP contribution < -0.4 is 5.32 Å². The number of halogens is 1. The van der Waals surface area contributed by atoms with Crippen molar-refractivity contribution in [3.05, 3.63) is 29.3 Å². The van der Waals surface area contributed by atoms with Gasteiger partial charge in [0, 0.05) is 56.0 Å². The van der Waals surface area contributed by atoms with Crippen LogP contribution in [0.25, 0.3) is 0 Å². The lowest BCUT2D eigenvalue weighted by Gasteiger charge is -2.36. The summed E-state index contributed by atoms with van der Waals surface area (Å²) in [5, 5.41) is 4.23. The zero-order valence-corrected chi connectivity index (χ0v) is 12.7. The molecule has 0 aromatic heterocycles. The van der Waals surface area contributed by atoms with E-state index in [4.69, 9.17) is 11.6 Å². The molecule has 106 valence electrons. The van der Waals surface area contributed by atoms with E-state index in [2.05, 4.69) is 29.0 Å². The summed E-state index contributed by atoms with van der Waals surface area (Å²) >= 11 is 5.87. The smallest absolute Gasteiger partial charge is 0.0407 e. The van der Waals surface area contributed by atoms with Crippen LogP contribution in [0.15, 0.2) is 24.3 Å². The highest BCUT2D eigenvalue weighted by Crippen LogP contribution is 2.13. The van der Waals surface area contributed by atoms with Crippen LogP contribution in [0.5, 0.6) is 0 Å². The van der Waals surface area contributed by atoms with E-state index >= 15 is 0 Å². The number of piperazine rings is 1. The van der Waals surface area contributed by atoms with Crippen molar-refractivity contribution in [2.24, 2.45) is 0 Å². The molecule has 4 heteroatoms. The number of nitrogens with zero attached hydrogens (tertiary/aromatic N) is 2. The molecule has 1 aliphatic heterocycles. The highest BCUT2D eigenvalue weighted by Gasteiger charge is 2.17. The Labute approximate surface area is 121 Å². The first kappa shape index (κ1) is 14.6. The van der Waals surface area contributed by atoms with E-state index in [1.807, 2.05) is 24.3 Å². The zero-order chi connectivity index (χ0) is 13.7. The quantitative estimate of drug-likeness (QED) is 0.895. The number of hydrogen-bond acceptors (Lipinski definition) is 3. The Hall–Kier alpha value is -0.770. The van der Waals surface area contributed by atoms with Crippen LogP contribution in [-0.4, -0.2) is 55.1 Å². The number of hydrogen-bond donors (Lipinski definition) is 1. The third-order valence-corrected chi connectivity index (χ3v) is 3.99. The zero-order valence-electron chi connectivity index (χ0n) is 11.9. The molecule has 0 amide bonds. The average molecular weight is 282 g/mol. The van der Waals surface area contributed by atoms with Crippen LogP contribution in [0.2, 0.25) is 5.02 Å². The van der Waals surface area contributed by atoms with Gasteiger partial charge in [0.2, 0.25) is 0 Å². The van der Waals surface area contributed by atoms with E-state index in [1.54, 1.807) is 0 Å². The van der Waals surface area contributed by atoms with Crippen molar-refractivity contribution >= 4 is 17.3 Å². The summed E-state index contributed by atoms with van der Waals surface area (Å²) < 4.78 is 0. The summed E-state index contributed by atoms with van der Waals surface area (Å²) in [6.07, 6.45) is 0. The van der Waals surface area contributed by atoms with Gasteiger partial charge in [0.1, 0.15) is 0 Å². The molecule has 0 atom stereocenters. The van der Waals surface area contributed by atoms with Gasteiger partial charge in [-0.3, -0.25) is 9.80 Å². The van der Waals surface area contributed by atoms with Gasteiger partial charge in [0.25, 0.3) is 0 Å². The van der Waals surface area contributed by atoms with E-state index in [0.717, 1.165) is 23.8 Å². The fraction of sp³-hybridized carbons (Fsp3) is 0.600. The maximum Gasteiger partial charge on any atom is 0.0407 e. The van der Waals surface area contributed by atoms with Gasteiger partial charge in [-0.15, -0.1) is 0 Å². The van der Waals surface area contributed by atoms with Crippen molar-refractivity contribution in [3.8, 4) is 0 Å². The maximum atomic E-state index is 5.87.